The lowest BCUT2D eigenvalue weighted by Crippen LogP contribution is -2.46. The Hall–Kier alpha value is -3.33. The first kappa shape index (κ1) is 19.4. The number of amides is 1. The van der Waals surface area contributed by atoms with Crippen molar-refractivity contribution in [2.45, 2.75) is 0 Å². The molecule has 1 aliphatic heterocycles. The number of likely N-dealkylation sites (N-methyl/N-ethyl adjacent to an activating group) is 2. The van der Waals surface area contributed by atoms with E-state index >= 15 is 0 Å². The van der Waals surface area contributed by atoms with Gasteiger partial charge in [-0.1, -0.05) is 0 Å². The van der Waals surface area contributed by atoms with Gasteiger partial charge in [-0.05, 0) is 37.4 Å². The highest BCUT2D eigenvalue weighted by atomic mass is 19.1. The molecule has 1 heterocycles. The van der Waals surface area contributed by atoms with Crippen LogP contribution in [0.25, 0.3) is 0 Å². The number of rotatable bonds is 4. The predicted octanol–water partition coefficient (Wildman–Crippen LogP) is 2.89. The summed E-state index contributed by atoms with van der Waals surface area (Å²) in [5, 5.41) is 13.8. The van der Waals surface area contributed by atoms with Crippen molar-refractivity contribution in [1.82, 2.24) is 9.80 Å². The number of nitro groups is 1. The quantitative estimate of drug-likeness (QED) is 0.645. The summed E-state index contributed by atoms with van der Waals surface area (Å²) >= 11 is 0. The van der Waals surface area contributed by atoms with E-state index in [1.165, 1.54) is 42.5 Å². The highest BCUT2D eigenvalue weighted by Crippen LogP contribution is 2.26. The summed E-state index contributed by atoms with van der Waals surface area (Å²) < 4.78 is 13.1. The van der Waals surface area contributed by atoms with E-state index < -0.39 is 16.6 Å². The number of amidine groups is 1. The van der Waals surface area contributed by atoms with Crippen LogP contribution in [0.3, 0.4) is 0 Å². The third kappa shape index (κ3) is 4.49. The SMILES string of the molecule is CN1CCN(C)/C(=N/c2ccc([N+](=O)[O-])cc2C(=O)Nc2ccc(F)cc2)C1. The van der Waals surface area contributed by atoms with Gasteiger partial charge in [0.15, 0.2) is 0 Å². The number of nitro benzene ring substituents is 1. The third-order valence-corrected chi connectivity index (χ3v) is 4.46. The fraction of sp³-hybridized carbons (Fsp3) is 0.263. The Labute approximate surface area is 161 Å². The zero-order chi connectivity index (χ0) is 20.3. The van der Waals surface area contributed by atoms with Crippen LogP contribution in [0.5, 0.6) is 0 Å². The Balaban J connectivity index is 1.97. The fourth-order valence-corrected chi connectivity index (χ4v) is 2.80. The number of nitrogens with one attached hydrogen (secondary N) is 1. The molecular weight excluding hydrogens is 365 g/mol. The van der Waals surface area contributed by atoms with Gasteiger partial charge in [-0.3, -0.25) is 19.8 Å². The number of anilines is 1. The maximum Gasteiger partial charge on any atom is 0.270 e. The van der Waals surface area contributed by atoms with Gasteiger partial charge in [0.2, 0.25) is 0 Å². The van der Waals surface area contributed by atoms with Gasteiger partial charge in [0, 0.05) is 38.0 Å². The standard InChI is InChI=1S/C19H20FN5O3/c1-23-9-10-24(2)18(12-23)22-17-8-7-15(25(27)28)11-16(17)19(26)21-14-5-3-13(20)4-6-14/h3-8,11H,9-10,12H2,1-2H3,(H,21,26)/b22-18+. The number of benzene rings is 2. The minimum atomic E-state index is -0.563. The van der Waals surface area contributed by atoms with Gasteiger partial charge in [0.1, 0.15) is 11.7 Å². The zero-order valence-electron chi connectivity index (χ0n) is 15.6. The van der Waals surface area contributed by atoms with Crippen molar-refractivity contribution < 1.29 is 14.1 Å². The molecule has 9 heteroatoms. The van der Waals surface area contributed by atoms with E-state index in [1.54, 1.807) is 0 Å². The number of piperazine rings is 1. The van der Waals surface area contributed by atoms with Gasteiger partial charge in [0.05, 0.1) is 22.7 Å². The van der Waals surface area contributed by atoms with Crippen LogP contribution in [0.15, 0.2) is 47.5 Å². The van der Waals surface area contributed by atoms with Crippen LogP contribution < -0.4 is 5.32 Å². The summed E-state index contributed by atoms with van der Waals surface area (Å²) in [4.78, 5) is 32.0. The molecule has 0 aromatic heterocycles. The number of hydrogen-bond acceptors (Lipinski definition) is 5. The maximum absolute atomic E-state index is 13.1. The van der Waals surface area contributed by atoms with E-state index in [0.29, 0.717) is 17.9 Å². The van der Waals surface area contributed by atoms with E-state index in [9.17, 15) is 19.3 Å². The summed E-state index contributed by atoms with van der Waals surface area (Å²) in [7, 11) is 3.88. The van der Waals surface area contributed by atoms with Crippen LogP contribution in [-0.4, -0.2) is 60.2 Å². The Morgan fingerprint density at radius 2 is 1.89 bits per heavy atom. The molecule has 1 N–H and O–H groups in total. The molecule has 0 radical (unpaired) electrons. The largest absolute Gasteiger partial charge is 0.361 e. The molecule has 1 fully saturated rings. The van der Waals surface area contributed by atoms with Crippen molar-refractivity contribution in [1.29, 1.82) is 0 Å². The van der Waals surface area contributed by atoms with Gasteiger partial charge in [-0.15, -0.1) is 0 Å². The molecule has 1 amide bonds. The van der Waals surface area contributed by atoms with E-state index in [-0.39, 0.29) is 11.3 Å². The molecule has 2 aromatic carbocycles. The predicted molar refractivity (Wildman–Crippen MR) is 105 cm³/mol. The van der Waals surface area contributed by atoms with Crippen LogP contribution in [-0.2, 0) is 0 Å². The van der Waals surface area contributed by atoms with Crippen LogP contribution in [0, 0.1) is 15.9 Å². The highest BCUT2D eigenvalue weighted by Gasteiger charge is 2.20. The second-order valence-corrected chi connectivity index (χ2v) is 6.61. The van der Waals surface area contributed by atoms with Gasteiger partial charge >= 0.3 is 0 Å². The number of halogens is 1. The number of nitrogens with zero attached hydrogens (tertiary/aromatic N) is 4. The average Bonchev–Trinajstić information content (AvgIpc) is 2.66. The number of hydrogen-bond donors (Lipinski definition) is 1. The molecule has 0 aliphatic carbocycles. The van der Waals surface area contributed by atoms with E-state index in [2.05, 4.69) is 15.2 Å². The third-order valence-electron chi connectivity index (χ3n) is 4.46. The van der Waals surface area contributed by atoms with Crippen LogP contribution in [0.2, 0.25) is 0 Å². The van der Waals surface area contributed by atoms with Crippen molar-refractivity contribution in [3.05, 3.63) is 64.0 Å². The Bertz CT molecular complexity index is 930. The summed E-state index contributed by atoms with van der Waals surface area (Å²) in [6.07, 6.45) is 0. The van der Waals surface area contributed by atoms with Gasteiger partial charge in [-0.2, -0.15) is 0 Å². The van der Waals surface area contributed by atoms with Gasteiger partial charge in [-0.25, -0.2) is 9.38 Å². The number of carbonyl (C=O) groups excluding carboxylic acids is 1. The molecule has 3 rings (SSSR count). The highest BCUT2D eigenvalue weighted by molar-refractivity contribution is 6.08. The van der Waals surface area contributed by atoms with Gasteiger partial charge in [0.25, 0.3) is 11.6 Å². The van der Waals surface area contributed by atoms with E-state index in [0.717, 1.165) is 18.9 Å². The zero-order valence-corrected chi connectivity index (χ0v) is 15.6. The van der Waals surface area contributed by atoms with Gasteiger partial charge < -0.3 is 10.2 Å². The van der Waals surface area contributed by atoms with Crippen molar-refractivity contribution >= 4 is 28.8 Å². The molecule has 0 atom stereocenters. The lowest BCUT2D eigenvalue weighted by atomic mass is 10.1. The minimum Gasteiger partial charge on any atom is -0.361 e. The monoisotopic (exact) mass is 385 g/mol. The average molecular weight is 385 g/mol. The Kier molecular flexibility index (Phi) is 5.65. The summed E-state index contributed by atoms with van der Waals surface area (Å²) in [5.74, 6) is -0.218. The maximum atomic E-state index is 13.1. The second-order valence-electron chi connectivity index (χ2n) is 6.61. The van der Waals surface area contributed by atoms with E-state index in [1.807, 2.05) is 19.0 Å². The molecule has 0 saturated carbocycles. The molecule has 146 valence electrons. The van der Waals surface area contributed by atoms with Crippen LogP contribution in [0.4, 0.5) is 21.5 Å². The fourth-order valence-electron chi connectivity index (χ4n) is 2.80. The van der Waals surface area contributed by atoms with Crippen molar-refractivity contribution in [3.8, 4) is 0 Å². The number of non-ortho nitro benzene ring substituents is 1. The molecule has 0 unspecified atom stereocenters. The Morgan fingerprint density at radius 1 is 1.18 bits per heavy atom. The molecule has 0 spiro atoms. The summed E-state index contributed by atoms with van der Waals surface area (Å²) in [5.41, 5.74) is 0.586. The van der Waals surface area contributed by atoms with Crippen LogP contribution in [0.1, 0.15) is 10.4 Å². The lowest BCUT2D eigenvalue weighted by molar-refractivity contribution is -0.384. The molecule has 28 heavy (non-hydrogen) atoms. The normalized spacial score (nSPS) is 16.2. The molecule has 2 aromatic rings. The molecule has 1 saturated heterocycles. The number of aliphatic imine (C=N–C) groups is 1. The van der Waals surface area contributed by atoms with Crippen molar-refractivity contribution in [3.63, 3.8) is 0 Å². The molecular formula is C19H20FN5O3. The smallest absolute Gasteiger partial charge is 0.270 e. The molecule has 0 bridgehead atoms. The lowest BCUT2D eigenvalue weighted by Gasteiger charge is -2.32. The minimum absolute atomic E-state index is 0.0765. The van der Waals surface area contributed by atoms with Crippen molar-refractivity contribution in [2.24, 2.45) is 4.99 Å². The van der Waals surface area contributed by atoms with Crippen LogP contribution >= 0.6 is 0 Å². The van der Waals surface area contributed by atoms with E-state index in [4.69, 9.17) is 0 Å². The van der Waals surface area contributed by atoms with Crippen molar-refractivity contribution in [2.75, 3.05) is 39.0 Å². The first-order valence-corrected chi connectivity index (χ1v) is 8.66. The summed E-state index contributed by atoms with van der Waals surface area (Å²) in [6.45, 7) is 2.29. The first-order chi connectivity index (χ1) is 13.3. The Morgan fingerprint density at radius 3 is 2.57 bits per heavy atom. The first-order valence-electron chi connectivity index (χ1n) is 8.66. The molecule has 1 aliphatic rings. The topological polar surface area (TPSA) is 91.1 Å². The second kappa shape index (κ2) is 8.13. The number of carbonyl (C=O) groups is 1. The molecule has 8 nitrogen and oxygen atoms in total. The summed E-state index contributed by atoms with van der Waals surface area (Å²) in [6, 6.07) is 9.26.